The summed E-state index contributed by atoms with van der Waals surface area (Å²) in [4.78, 5) is 2.07. The number of nitrogens with zero attached hydrogens (tertiary/aromatic N) is 3. The lowest BCUT2D eigenvalue weighted by Crippen LogP contribution is -2.51. The molecule has 1 rings (SSSR count). The molecule has 2 atom stereocenters. The van der Waals surface area contributed by atoms with Crippen molar-refractivity contribution in [2.24, 2.45) is 5.92 Å². The van der Waals surface area contributed by atoms with Crippen molar-refractivity contribution in [3.8, 4) is 12.1 Å². The lowest BCUT2D eigenvalue weighted by Gasteiger charge is -2.32. The zero-order valence-electron chi connectivity index (χ0n) is 7.82. The Balaban J connectivity index is 2.47. The molecule has 0 saturated carbocycles. The zero-order chi connectivity index (χ0) is 9.68. The molecule has 4 heteroatoms. The minimum absolute atomic E-state index is 0.00829. The molecule has 1 heterocycles. The maximum Gasteiger partial charge on any atom is 0.110 e. The third-order valence-electron chi connectivity index (χ3n) is 2.23. The first-order valence-corrected chi connectivity index (χ1v) is 4.52. The summed E-state index contributed by atoms with van der Waals surface area (Å²) in [6.07, 6.45) is 0. The van der Waals surface area contributed by atoms with Gasteiger partial charge in [0, 0.05) is 26.2 Å². The van der Waals surface area contributed by atoms with Gasteiger partial charge in [0.2, 0.25) is 0 Å². The highest BCUT2D eigenvalue weighted by Crippen LogP contribution is 2.05. The molecule has 0 amide bonds. The van der Waals surface area contributed by atoms with Gasteiger partial charge in [-0.2, -0.15) is 10.5 Å². The molecule has 0 spiro atoms. The topological polar surface area (TPSA) is 62.9 Å². The van der Waals surface area contributed by atoms with E-state index in [0.717, 1.165) is 13.1 Å². The van der Waals surface area contributed by atoms with Gasteiger partial charge >= 0.3 is 0 Å². The minimum Gasteiger partial charge on any atom is -0.313 e. The molecule has 0 aromatic rings. The van der Waals surface area contributed by atoms with Crippen LogP contribution in [-0.2, 0) is 0 Å². The highest BCUT2D eigenvalue weighted by Gasteiger charge is 2.22. The molecular formula is C9H14N4. The second-order valence-corrected chi connectivity index (χ2v) is 3.37. The molecule has 4 nitrogen and oxygen atoms in total. The van der Waals surface area contributed by atoms with E-state index >= 15 is 0 Å². The Morgan fingerprint density at radius 2 is 2.38 bits per heavy atom. The number of hydrogen-bond acceptors (Lipinski definition) is 4. The first kappa shape index (κ1) is 9.98. The maximum absolute atomic E-state index is 8.83. The first-order chi connectivity index (χ1) is 6.27. The Bertz CT molecular complexity index is 237. The highest BCUT2D eigenvalue weighted by atomic mass is 15.2. The second-order valence-electron chi connectivity index (χ2n) is 3.37. The normalized spacial score (nSPS) is 25.9. The summed E-state index contributed by atoms with van der Waals surface area (Å²) in [7, 11) is 0. The van der Waals surface area contributed by atoms with Crippen LogP contribution in [0.15, 0.2) is 0 Å². The molecule has 1 aliphatic rings. The summed E-state index contributed by atoms with van der Waals surface area (Å²) < 4.78 is 0. The summed E-state index contributed by atoms with van der Waals surface area (Å²) >= 11 is 0. The third-order valence-corrected chi connectivity index (χ3v) is 2.23. The van der Waals surface area contributed by atoms with Crippen LogP contribution in [0, 0.1) is 28.6 Å². The van der Waals surface area contributed by atoms with E-state index in [1.807, 2.05) is 6.92 Å². The van der Waals surface area contributed by atoms with Crippen LogP contribution in [0.3, 0.4) is 0 Å². The Labute approximate surface area is 78.7 Å². The van der Waals surface area contributed by atoms with Gasteiger partial charge in [-0.05, 0) is 6.92 Å². The standard InChI is InChI=1S/C9H14N4/c1-8(4-10)7-13-3-2-12-6-9(13)5-11/h8-9,12H,2-3,6-7H2,1H3. The largest absolute Gasteiger partial charge is 0.313 e. The summed E-state index contributed by atoms with van der Waals surface area (Å²) in [5.41, 5.74) is 0. The van der Waals surface area contributed by atoms with Crippen LogP contribution in [0.4, 0.5) is 0 Å². The van der Waals surface area contributed by atoms with Gasteiger partial charge in [0.15, 0.2) is 0 Å². The van der Waals surface area contributed by atoms with Gasteiger partial charge in [-0.3, -0.25) is 4.90 Å². The van der Waals surface area contributed by atoms with E-state index in [-0.39, 0.29) is 12.0 Å². The van der Waals surface area contributed by atoms with Gasteiger partial charge in [-0.25, -0.2) is 0 Å². The van der Waals surface area contributed by atoms with Crippen molar-refractivity contribution in [2.45, 2.75) is 13.0 Å². The fraction of sp³-hybridized carbons (Fsp3) is 0.778. The summed E-state index contributed by atoms with van der Waals surface area (Å²) in [5, 5.41) is 20.6. The Hall–Kier alpha value is -1.10. The lowest BCUT2D eigenvalue weighted by atomic mass is 10.1. The van der Waals surface area contributed by atoms with E-state index in [4.69, 9.17) is 10.5 Å². The molecule has 1 fully saturated rings. The molecule has 1 saturated heterocycles. The molecule has 2 unspecified atom stereocenters. The molecule has 70 valence electrons. The van der Waals surface area contributed by atoms with E-state index in [0.29, 0.717) is 13.1 Å². The maximum atomic E-state index is 8.83. The molecule has 0 radical (unpaired) electrons. The van der Waals surface area contributed by atoms with Crippen LogP contribution in [0.25, 0.3) is 0 Å². The van der Waals surface area contributed by atoms with Crippen molar-refractivity contribution in [1.82, 2.24) is 10.2 Å². The van der Waals surface area contributed by atoms with Gasteiger partial charge in [0.05, 0.1) is 18.1 Å². The van der Waals surface area contributed by atoms with Crippen molar-refractivity contribution in [3.63, 3.8) is 0 Å². The van der Waals surface area contributed by atoms with Crippen molar-refractivity contribution in [1.29, 1.82) is 10.5 Å². The van der Waals surface area contributed by atoms with Crippen LogP contribution in [0.2, 0.25) is 0 Å². The number of rotatable bonds is 2. The number of nitriles is 2. The highest BCUT2D eigenvalue weighted by molar-refractivity contribution is 4.97. The first-order valence-electron chi connectivity index (χ1n) is 4.52. The monoisotopic (exact) mass is 178 g/mol. The zero-order valence-corrected chi connectivity index (χ0v) is 7.82. The number of hydrogen-bond donors (Lipinski definition) is 1. The van der Waals surface area contributed by atoms with Gasteiger partial charge in [0.25, 0.3) is 0 Å². The van der Waals surface area contributed by atoms with Crippen LogP contribution >= 0.6 is 0 Å². The molecule has 0 bridgehead atoms. The molecule has 1 N–H and O–H groups in total. The van der Waals surface area contributed by atoms with Crippen LogP contribution in [0.1, 0.15) is 6.92 Å². The predicted octanol–water partition coefficient (Wildman–Crippen LogP) is -0.0565. The Kier molecular flexibility index (Phi) is 3.70. The fourth-order valence-electron chi connectivity index (χ4n) is 1.48. The summed E-state index contributed by atoms with van der Waals surface area (Å²) in [6.45, 7) is 5.09. The lowest BCUT2D eigenvalue weighted by molar-refractivity contribution is 0.185. The van der Waals surface area contributed by atoms with E-state index < -0.39 is 0 Å². The fourth-order valence-corrected chi connectivity index (χ4v) is 1.48. The SMILES string of the molecule is CC(C#N)CN1CCNCC1C#N. The van der Waals surface area contributed by atoms with Crippen molar-refractivity contribution < 1.29 is 0 Å². The third kappa shape index (κ3) is 2.69. The quantitative estimate of drug-likeness (QED) is 0.643. The van der Waals surface area contributed by atoms with Gasteiger partial charge in [-0.1, -0.05) is 0 Å². The Morgan fingerprint density at radius 3 is 3.00 bits per heavy atom. The van der Waals surface area contributed by atoms with E-state index in [9.17, 15) is 0 Å². The number of piperazine rings is 1. The van der Waals surface area contributed by atoms with Crippen LogP contribution in [0.5, 0.6) is 0 Å². The smallest absolute Gasteiger partial charge is 0.110 e. The van der Waals surface area contributed by atoms with Gasteiger partial charge in [-0.15, -0.1) is 0 Å². The summed E-state index contributed by atoms with van der Waals surface area (Å²) in [6, 6.07) is 4.36. The molecule has 0 aromatic heterocycles. The minimum atomic E-state index is -0.0652. The summed E-state index contributed by atoms with van der Waals surface area (Å²) in [5.74, 6) is 0.00829. The van der Waals surface area contributed by atoms with E-state index in [1.165, 1.54) is 0 Å². The van der Waals surface area contributed by atoms with E-state index in [2.05, 4.69) is 22.4 Å². The molecular weight excluding hydrogens is 164 g/mol. The van der Waals surface area contributed by atoms with E-state index in [1.54, 1.807) is 0 Å². The molecule has 0 aromatic carbocycles. The van der Waals surface area contributed by atoms with Crippen molar-refractivity contribution in [2.75, 3.05) is 26.2 Å². The Morgan fingerprint density at radius 1 is 1.62 bits per heavy atom. The molecule has 13 heavy (non-hydrogen) atoms. The number of nitrogens with one attached hydrogen (secondary N) is 1. The molecule has 1 aliphatic heterocycles. The average Bonchev–Trinajstić information content (AvgIpc) is 2.18. The van der Waals surface area contributed by atoms with Crippen molar-refractivity contribution >= 4 is 0 Å². The van der Waals surface area contributed by atoms with Crippen molar-refractivity contribution in [3.05, 3.63) is 0 Å². The molecule has 0 aliphatic carbocycles. The van der Waals surface area contributed by atoms with Gasteiger partial charge in [0.1, 0.15) is 6.04 Å². The second kappa shape index (κ2) is 4.81. The average molecular weight is 178 g/mol. The van der Waals surface area contributed by atoms with Crippen LogP contribution in [-0.4, -0.2) is 37.1 Å². The van der Waals surface area contributed by atoms with Gasteiger partial charge < -0.3 is 5.32 Å². The van der Waals surface area contributed by atoms with Crippen LogP contribution < -0.4 is 5.32 Å². The predicted molar refractivity (Wildman–Crippen MR) is 48.6 cm³/mol.